The van der Waals surface area contributed by atoms with Crippen molar-refractivity contribution in [2.45, 2.75) is 0 Å². The molecule has 0 spiro atoms. The van der Waals surface area contributed by atoms with Gasteiger partial charge in [-0.15, -0.1) is 0 Å². The van der Waals surface area contributed by atoms with Gasteiger partial charge in [-0.25, -0.2) is 4.79 Å². The summed E-state index contributed by atoms with van der Waals surface area (Å²) in [5.74, 6) is -0.376. The van der Waals surface area contributed by atoms with Gasteiger partial charge in [0.05, 0.1) is 12.2 Å². The van der Waals surface area contributed by atoms with E-state index >= 15 is 0 Å². The highest BCUT2D eigenvalue weighted by Crippen LogP contribution is 2.03. The number of aliphatic hydroxyl groups is 1. The quantitative estimate of drug-likeness (QED) is 0.607. The molecule has 0 saturated heterocycles. The first-order valence-electron chi connectivity index (χ1n) is 4.91. The predicted octanol–water partition coefficient (Wildman–Crippen LogP) is 1.95. The number of carbonyl (C=O) groups is 1. The van der Waals surface area contributed by atoms with E-state index < -0.39 is 0 Å². The van der Waals surface area contributed by atoms with E-state index in [1.54, 1.807) is 36.4 Å². The van der Waals surface area contributed by atoms with Gasteiger partial charge in [0.25, 0.3) is 0 Å². The highest BCUT2D eigenvalue weighted by atomic mass is 16.5. The second kappa shape index (κ2) is 6.58. The molecule has 1 rings (SSSR count). The van der Waals surface area contributed by atoms with Crippen LogP contribution in [0, 0.1) is 0 Å². The molecule has 0 fully saturated rings. The van der Waals surface area contributed by atoms with Crippen LogP contribution in [0.5, 0.6) is 0 Å². The van der Waals surface area contributed by atoms with E-state index in [0.717, 1.165) is 0 Å². The molecule has 1 N–H and O–H groups in total. The number of hydrogen-bond acceptors (Lipinski definition) is 3. The van der Waals surface area contributed by atoms with Gasteiger partial charge in [0, 0.05) is 0 Å². The van der Waals surface area contributed by atoms with Crippen molar-refractivity contribution in [2.75, 3.05) is 13.2 Å². The molecule has 0 aliphatic rings. The topological polar surface area (TPSA) is 46.5 Å². The SMILES string of the molecule is C=C(/C=C/CO)COC(=O)c1ccccc1. The molecule has 16 heavy (non-hydrogen) atoms. The summed E-state index contributed by atoms with van der Waals surface area (Å²) in [7, 11) is 0. The molecule has 0 aromatic heterocycles. The fourth-order valence-electron chi connectivity index (χ4n) is 1.08. The van der Waals surface area contributed by atoms with Crippen LogP contribution in [0.15, 0.2) is 54.6 Å². The summed E-state index contributed by atoms with van der Waals surface area (Å²) in [6, 6.07) is 8.76. The molecule has 84 valence electrons. The van der Waals surface area contributed by atoms with E-state index in [1.807, 2.05) is 6.07 Å². The lowest BCUT2D eigenvalue weighted by Crippen LogP contribution is -2.06. The number of esters is 1. The molecule has 0 saturated carbocycles. The Balaban J connectivity index is 2.42. The number of hydrogen-bond donors (Lipinski definition) is 1. The molecule has 0 heterocycles. The minimum Gasteiger partial charge on any atom is -0.457 e. The monoisotopic (exact) mass is 218 g/mol. The zero-order valence-corrected chi connectivity index (χ0v) is 8.93. The summed E-state index contributed by atoms with van der Waals surface area (Å²) < 4.78 is 5.02. The van der Waals surface area contributed by atoms with Gasteiger partial charge in [0.1, 0.15) is 6.61 Å². The molecule has 1 aromatic carbocycles. The smallest absolute Gasteiger partial charge is 0.338 e. The van der Waals surface area contributed by atoms with Crippen molar-refractivity contribution in [1.82, 2.24) is 0 Å². The Kier molecular flexibility index (Phi) is 5.02. The Hall–Kier alpha value is -1.87. The van der Waals surface area contributed by atoms with Gasteiger partial charge in [-0.1, -0.05) is 36.9 Å². The Bertz CT molecular complexity index is 379. The molecular weight excluding hydrogens is 204 g/mol. The molecule has 3 nitrogen and oxygen atoms in total. The molecule has 0 radical (unpaired) electrons. The molecule has 0 atom stereocenters. The molecule has 0 unspecified atom stereocenters. The third-order valence-corrected chi connectivity index (χ3v) is 1.86. The molecular formula is C13H14O3. The first kappa shape index (κ1) is 12.2. The summed E-state index contributed by atoms with van der Waals surface area (Å²) in [6.07, 6.45) is 3.16. The molecule has 0 aliphatic carbocycles. The van der Waals surface area contributed by atoms with Crippen molar-refractivity contribution < 1.29 is 14.6 Å². The third kappa shape index (κ3) is 4.11. The van der Waals surface area contributed by atoms with Gasteiger partial charge in [-0.2, -0.15) is 0 Å². The van der Waals surface area contributed by atoms with E-state index in [4.69, 9.17) is 9.84 Å². The number of aliphatic hydroxyl groups excluding tert-OH is 1. The van der Waals surface area contributed by atoms with Crippen LogP contribution in [0.1, 0.15) is 10.4 Å². The lowest BCUT2D eigenvalue weighted by Gasteiger charge is -2.04. The number of benzene rings is 1. The van der Waals surface area contributed by atoms with Crippen molar-refractivity contribution in [2.24, 2.45) is 0 Å². The number of rotatable bonds is 5. The van der Waals surface area contributed by atoms with E-state index in [0.29, 0.717) is 11.1 Å². The van der Waals surface area contributed by atoms with E-state index in [-0.39, 0.29) is 19.2 Å². The van der Waals surface area contributed by atoms with Gasteiger partial charge in [-0.05, 0) is 17.7 Å². The molecule has 1 aromatic rings. The molecule has 0 aliphatic heterocycles. The summed E-state index contributed by atoms with van der Waals surface area (Å²) in [6.45, 7) is 3.76. The van der Waals surface area contributed by atoms with Gasteiger partial charge in [-0.3, -0.25) is 0 Å². The Morgan fingerprint density at radius 2 is 2.06 bits per heavy atom. The van der Waals surface area contributed by atoms with Crippen LogP contribution >= 0.6 is 0 Å². The van der Waals surface area contributed by atoms with Gasteiger partial charge < -0.3 is 9.84 Å². The van der Waals surface area contributed by atoms with Crippen molar-refractivity contribution in [3.63, 3.8) is 0 Å². The lowest BCUT2D eigenvalue weighted by atomic mass is 10.2. The van der Waals surface area contributed by atoms with Crippen molar-refractivity contribution >= 4 is 5.97 Å². The van der Waals surface area contributed by atoms with Gasteiger partial charge >= 0.3 is 5.97 Å². The molecule has 0 amide bonds. The maximum atomic E-state index is 11.5. The van der Waals surface area contributed by atoms with Crippen LogP contribution in [0.4, 0.5) is 0 Å². The average Bonchev–Trinajstić information content (AvgIpc) is 2.34. The van der Waals surface area contributed by atoms with Crippen molar-refractivity contribution in [3.05, 3.63) is 60.2 Å². The van der Waals surface area contributed by atoms with Crippen LogP contribution in [0.25, 0.3) is 0 Å². The predicted molar refractivity (Wildman–Crippen MR) is 62.1 cm³/mol. The zero-order valence-electron chi connectivity index (χ0n) is 8.93. The van der Waals surface area contributed by atoms with E-state index in [1.165, 1.54) is 0 Å². The van der Waals surface area contributed by atoms with Crippen LogP contribution in [-0.4, -0.2) is 24.3 Å². The fourth-order valence-corrected chi connectivity index (χ4v) is 1.08. The highest BCUT2D eigenvalue weighted by Gasteiger charge is 2.05. The Labute approximate surface area is 94.7 Å². The van der Waals surface area contributed by atoms with Crippen LogP contribution in [0.3, 0.4) is 0 Å². The lowest BCUT2D eigenvalue weighted by molar-refractivity contribution is 0.0543. The van der Waals surface area contributed by atoms with Crippen LogP contribution in [0.2, 0.25) is 0 Å². The minimum atomic E-state index is -0.376. The molecule has 0 bridgehead atoms. The van der Waals surface area contributed by atoms with Crippen molar-refractivity contribution in [1.29, 1.82) is 0 Å². The maximum Gasteiger partial charge on any atom is 0.338 e. The minimum absolute atomic E-state index is 0.0499. The zero-order chi connectivity index (χ0) is 11.8. The largest absolute Gasteiger partial charge is 0.457 e. The summed E-state index contributed by atoms with van der Waals surface area (Å²) in [4.78, 5) is 11.5. The average molecular weight is 218 g/mol. The Morgan fingerprint density at radius 3 is 2.69 bits per heavy atom. The first-order valence-corrected chi connectivity index (χ1v) is 4.91. The van der Waals surface area contributed by atoms with Crippen molar-refractivity contribution in [3.8, 4) is 0 Å². The second-order valence-corrected chi connectivity index (χ2v) is 3.19. The summed E-state index contributed by atoms with van der Waals surface area (Å²) >= 11 is 0. The molecule has 3 heteroatoms. The van der Waals surface area contributed by atoms with Gasteiger partial charge in [0.2, 0.25) is 0 Å². The number of carbonyl (C=O) groups excluding carboxylic acids is 1. The highest BCUT2D eigenvalue weighted by molar-refractivity contribution is 5.89. The third-order valence-electron chi connectivity index (χ3n) is 1.86. The maximum absolute atomic E-state index is 11.5. The van der Waals surface area contributed by atoms with Crippen LogP contribution < -0.4 is 0 Å². The normalized spacial score (nSPS) is 10.3. The fraction of sp³-hybridized carbons (Fsp3) is 0.154. The summed E-state index contributed by atoms with van der Waals surface area (Å²) in [5.41, 5.74) is 1.15. The standard InChI is InChI=1S/C13H14O3/c1-11(6-5-9-14)10-16-13(15)12-7-3-2-4-8-12/h2-8,14H,1,9-10H2/b6-5+. The summed E-state index contributed by atoms with van der Waals surface area (Å²) in [5, 5.41) is 8.53. The van der Waals surface area contributed by atoms with E-state index in [9.17, 15) is 4.79 Å². The van der Waals surface area contributed by atoms with Gasteiger partial charge in [0.15, 0.2) is 0 Å². The van der Waals surface area contributed by atoms with Crippen LogP contribution in [-0.2, 0) is 4.74 Å². The van der Waals surface area contributed by atoms with E-state index in [2.05, 4.69) is 6.58 Å². The number of ether oxygens (including phenoxy) is 1. The first-order chi connectivity index (χ1) is 7.74. The second-order valence-electron chi connectivity index (χ2n) is 3.19. The Morgan fingerprint density at radius 1 is 1.38 bits per heavy atom.